The first-order chi connectivity index (χ1) is 20.0. The summed E-state index contributed by atoms with van der Waals surface area (Å²) in [5.41, 5.74) is 8.81. The summed E-state index contributed by atoms with van der Waals surface area (Å²) in [6.07, 6.45) is 20.6. The molecule has 0 atom stereocenters. The lowest BCUT2D eigenvalue weighted by Gasteiger charge is -2.20. The van der Waals surface area contributed by atoms with Crippen molar-refractivity contribution < 1.29 is 19.1 Å². The van der Waals surface area contributed by atoms with E-state index in [4.69, 9.17) is 9.47 Å². The van der Waals surface area contributed by atoms with Gasteiger partial charge < -0.3 is 9.47 Å². The molecule has 0 aliphatic heterocycles. The summed E-state index contributed by atoms with van der Waals surface area (Å²) in [6, 6.07) is 3.23. The Morgan fingerprint density at radius 1 is 0.595 bits per heavy atom. The summed E-state index contributed by atoms with van der Waals surface area (Å²) in [5, 5.41) is 0. The van der Waals surface area contributed by atoms with Crippen molar-refractivity contribution in [1.82, 2.24) is 0 Å². The average molecular weight is 573 g/mol. The highest BCUT2D eigenvalue weighted by Crippen LogP contribution is 2.36. The number of allylic oxidation sites excluding steroid dienone is 12. The van der Waals surface area contributed by atoms with Crippen LogP contribution in [-0.4, -0.2) is 25.8 Å². The highest BCUT2D eigenvalue weighted by molar-refractivity contribution is 6.27. The van der Waals surface area contributed by atoms with Crippen LogP contribution in [0.1, 0.15) is 127 Å². The van der Waals surface area contributed by atoms with Crippen molar-refractivity contribution in [1.29, 1.82) is 0 Å². The van der Waals surface area contributed by atoms with Gasteiger partial charge in [-0.05, 0) is 118 Å². The molecule has 1 aliphatic rings. The van der Waals surface area contributed by atoms with E-state index in [1.807, 2.05) is 0 Å². The van der Waals surface area contributed by atoms with Gasteiger partial charge in [-0.1, -0.05) is 58.2 Å². The molecule has 0 radical (unpaired) electrons. The molecule has 42 heavy (non-hydrogen) atoms. The second-order valence-corrected chi connectivity index (χ2v) is 11.9. The Hall–Kier alpha value is -3.40. The maximum atomic E-state index is 13.3. The van der Waals surface area contributed by atoms with Crippen molar-refractivity contribution in [2.75, 3.05) is 14.2 Å². The number of rotatable bonds is 16. The molecule has 0 unspecified atom stereocenters. The van der Waals surface area contributed by atoms with E-state index < -0.39 is 0 Å². The molecular weight excluding hydrogens is 520 g/mol. The Bertz CT molecular complexity index is 1310. The van der Waals surface area contributed by atoms with Crippen molar-refractivity contribution in [2.45, 2.75) is 106 Å². The van der Waals surface area contributed by atoms with Crippen LogP contribution < -0.4 is 9.47 Å². The van der Waals surface area contributed by atoms with Crippen LogP contribution in [0.2, 0.25) is 0 Å². The first-order valence-corrected chi connectivity index (χ1v) is 15.3. The summed E-state index contributed by atoms with van der Waals surface area (Å²) >= 11 is 0. The first kappa shape index (κ1) is 34.8. The molecule has 0 saturated heterocycles. The molecule has 0 bridgehead atoms. The molecule has 0 aromatic heterocycles. The van der Waals surface area contributed by atoms with Crippen LogP contribution >= 0.6 is 0 Å². The third kappa shape index (κ3) is 10.8. The second kappa shape index (κ2) is 17.5. The van der Waals surface area contributed by atoms with Crippen LogP contribution in [0.5, 0.6) is 11.5 Å². The Kier molecular flexibility index (Phi) is 14.5. The summed E-state index contributed by atoms with van der Waals surface area (Å²) < 4.78 is 10.7. The smallest absolute Gasteiger partial charge is 0.190 e. The van der Waals surface area contributed by atoms with E-state index in [-0.39, 0.29) is 11.6 Å². The van der Waals surface area contributed by atoms with Crippen LogP contribution in [0.4, 0.5) is 0 Å². The van der Waals surface area contributed by atoms with Gasteiger partial charge in [-0.3, -0.25) is 9.59 Å². The normalized spacial score (nSPS) is 14.8. The number of methoxy groups -OCH3 is 2. The molecule has 0 fully saturated rings. The van der Waals surface area contributed by atoms with Crippen molar-refractivity contribution >= 4 is 11.6 Å². The quantitative estimate of drug-likeness (QED) is 0.185. The number of hydrogen-bond donors (Lipinski definition) is 0. The van der Waals surface area contributed by atoms with Gasteiger partial charge in [0.25, 0.3) is 0 Å². The molecule has 1 aliphatic carbocycles. The molecule has 1 aromatic rings. The number of ether oxygens (including phenoxy) is 2. The molecule has 4 heteroatoms. The minimum Gasteiger partial charge on any atom is -0.493 e. The first-order valence-electron chi connectivity index (χ1n) is 15.3. The van der Waals surface area contributed by atoms with E-state index in [1.54, 1.807) is 19.1 Å². The summed E-state index contributed by atoms with van der Waals surface area (Å²) in [7, 11) is 3.04. The average Bonchev–Trinajstić information content (AvgIpc) is 2.95. The Balaban J connectivity index is 1.84. The van der Waals surface area contributed by atoms with E-state index >= 15 is 0 Å². The summed E-state index contributed by atoms with van der Waals surface area (Å²) in [6.45, 7) is 14.9. The lowest BCUT2D eigenvalue weighted by atomic mass is 9.82. The van der Waals surface area contributed by atoms with Gasteiger partial charge in [0, 0.05) is 22.3 Å². The van der Waals surface area contributed by atoms with Gasteiger partial charge in [-0.25, -0.2) is 0 Å². The highest BCUT2D eigenvalue weighted by Gasteiger charge is 2.31. The fourth-order valence-corrected chi connectivity index (χ4v) is 5.08. The lowest BCUT2D eigenvalue weighted by molar-refractivity contribution is 0.0972. The van der Waals surface area contributed by atoms with E-state index in [9.17, 15) is 9.59 Å². The number of hydrogen-bond acceptors (Lipinski definition) is 4. The van der Waals surface area contributed by atoms with Crippen LogP contribution in [-0.2, 0) is 0 Å². The molecule has 1 aromatic carbocycles. The third-order valence-electron chi connectivity index (χ3n) is 7.92. The minimum absolute atomic E-state index is 0.114. The SMILES string of the molecule is COc1cc2c(cc1OC)C(=O)C(C/C=C(\C)CC/C=C(\C)CC/C=C(\C)CC/C=C(\C)CCC=C(C)C)=C(C)C2=O. The largest absolute Gasteiger partial charge is 0.493 e. The Morgan fingerprint density at radius 3 is 1.38 bits per heavy atom. The van der Waals surface area contributed by atoms with Crippen LogP contribution in [0.15, 0.2) is 81.5 Å². The van der Waals surface area contributed by atoms with Gasteiger partial charge in [0.15, 0.2) is 23.1 Å². The molecule has 0 amide bonds. The van der Waals surface area contributed by atoms with E-state index in [0.29, 0.717) is 40.2 Å². The molecule has 228 valence electrons. The highest BCUT2D eigenvalue weighted by atomic mass is 16.5. The van der Waals surface area contributed by atoms with Gasteiger partial charge in [-0.15, -0.1) is 0 Å². The van der Waals surface area contributed by atoms with Gasteiger partial charge in [0.1, 0.15) is 0 Å². The predicted molar refractivity (Wildman–Crippen MR) is 177 cm³/mol. The van der Waals surface area contributed by atoms with Crippen LogP contribution in [0.3, 0.4) is 0 Å². The maximum Gasteiger partial charge on any atom is 0.190 e. The lowest BCUT2D eigenvalue weighted by Crippen LogP contribution is -2.21. The molecular formula is C38H52O4. The number of carbonyl (C=O) groups is 2. The molecule has 0 saturated carbocycles. The molecule has 0 heterocycles. The van der Waals surface area contributed by atoms with E-state index in [1.165, 1.54) is 42.1 Å². The third-order valence-corrected chi connectivity index (χ3v) is 7.92. The predicted octanol–water partition coefficient (Wildman–Crippen LogP) is 10.7. The van der Waals surface area contributed by atoms with Gasteiger partial charge in [0.2, 0.25) is 0 Å². The number of benzene rings is 1. The van der Waals surface area contributed by atoms with E-state index in [0.717, 1.165) is 51.4 Å². The molecule has 2 rings (SSSR count). The fourth-order valence-electron chi connectivity index (χ4n) is 5.08. The second-order valence-electron chi connectivity index (χ2n) is 11.9. The van der Waals surface area contributed by atoms with Crippen molar-refractivity contribution in [2.24, 2.45) is 0 Å². The van der Waals surface area contributed by atoms with Crippen molar-refractivity contribution in [3.8, 4) is 11.5 Å². The van der Waals surface area contributed by atoms with Gasteiger partial charge in [-0.2, -0.15) is 0 Å². The number of carbonyl (C=O) groups excluding carboxylic acids is 2. The monoisotopic (exact) mass is 572 g/mol. The molecule has 0 N–H and O–H groups in total. The van der Waals surface area contributed by atoms with Crippen LogP contribution in [0, 0.1) is 0 Å². The maximum absolute atomic E-state index is 13.3. The van der Waals surface area contributed by atoms with Crippen molar-refractivity contribution in [3.05, 3.63) is 92.7 Å². The topological polar surface area (TPSA) is 52.6 Å². The fraction of sp³-hybridized carbons (Fsp3) is 0.474. The Morgan fingerprint density at radius 2 is 0.976 bits per heavy atom. The zero-order chi connectivity index (χ0) is 31.2. The van der Waals surface area contributed by atoms with E-state index in [2.05, 4.69) is 71.9 Å². The zero-order valence-electron chi connectivity index (χ0n) is 27.5. The minimum atomic E-state index is -0.129. The Labute approximate surface area is 255 Å². The summed E-state index contributed by atoms with van der Waals surface area (Å²) in [5.74, 6) is 0.653. The number of fused-ring (bicyclic) bond motifs is 1. The van der Waals surface area contributed by atoms with Crippen molar-refractivity contribution in [3.63, 3.8) is 0 Å². The summed E-state index contributed by atoms with van der Waals surface area (Å²) in [4.78, 5) is 26.3. The standard InChI is InChI=1S/C38H52O4/c1-26(2)14-10-15-27(3)16-11-17-28(4)18-12-19-29(5)20-13-21-30(6)22-23-32-31(7)37(39)33-24-35(41-8)36(42-9)25-34(33)38(32)40/h14,16,18,20,22,24-25H,10-13,15,17,19,21,23H2,1-9H3/b27-16+,28-18+,29-20+,30-22+. The number of ketones is 2. The number of Topliss-reactive ketones (excluding diaryl/α,β-unsaturated/α-hetero) is 2. The van der Waals surface area contributed by atoms with Gasteiger partial charge >= 0.3 is 0 Å². The molecule has 0 spiro atoms. The van der Waals surface area contributed by atoms with Crippen LogP contribution in [0.25, 0.3) is 0 Å². The molecule has 4 nitrogen and oxygen atoms in total. The zero-order valence-corrected chi connectivity index (χ0v) is 27.5. The van der Waals surface area contributed by atoms with Gasteiger partial charge in [0.05, 0.1) is 14.2 Å².